The fourth-order valence-corrected chi connectivity index (χ4v) is 0.882. The van der Waals surface area contributed by atoms with Crippen LogP contribution in [0.4, 0.5) is 4.79 Å². The number of rotatable bonds is 5. The molecule has 0 aliphatic rings. The molecule has 0 spiro atoms. The van der Waals surface area contributed by atoms with E-state index in [1.54, 1.807) is 6.92 Å². The van der Waals surface area contributed by atoms with Crippen LogP contribution in [0.15, 0.2) is 0 Å². The predicted molar refractivity (Wildman–Crippen MR) is 56.9 cm³/mol. The van der Waals surface area contributed by atoms with Gasteiger partial charge >= 0.3 is 12.0 Å². The van der Waals surface area contributed by atoms with Gasteiger partial charge in [-0.15, -0.1) is 0 Å². The summed E-state index contributed by atoms with van der Waals surface area (Å²) in [5.41, 5.74) is 0. The molecule has 0 aliphatic carbocycles. The van der Waals surface area contributed by atoms with Crippen molar-refractivity contribution < 1.29 is 19.5 Å². The molecule has 0 aromatic carbocycles. The molecule has 0 bridgehead atoms. The minimum atomic E-state index is -1.10. The number of aliphatic carboxylic acids is 1. The Morgan fingerprint density at radius 3 is 2.31 bits per heavy atom. The smallest absolute Gasteiger partial charge is 0.326 e. The molecule has 16 heavy (non-hydrogen) atoms. The number of carbonyl (C=O) groups excluding carboxylic acids is 2. The van der Waals surface area contributed by atoms with Crippen molar-refractivity contribution in [3.8, 4) is 0 Å². The Hall–Kier alpha value is -1.79. The van der Waals surface area contributed by atoms with Gasteiger partial charge < -0.3 is 20.6 Å². The van der Waals surface area contributed by atoms with Gasteiger partial charge in [-0.2, -0.15) is 0 Å². The van der Waals surface area contributed by atoms with Gasteiger partial charge in [0.25, 0.3) is 0 Å². The first-order valence-electron chi connectivity index (χ1n) is 4.90. The minimum absolute atomic E-state index is 0.163. The van der Waals surface area contributed by atoms with E-state index in [1.807, 2.05) is 0 Å². The number of carboxylic acids is 1. The zero-order chi connectivity index (χ0) is 12.7. The summed E-state index contributed by atoms with van der Waals surface area (Å²) in [4.78, 5) is 34.0. The Kier molecular flexibility index (Phi) is 5.91. The van der Waals surface area contributed by atoms with E-state index in [1.165, 1.54) is 14.0 Å². The molecule has 0 rings (SSSR count). The highest BCUT2D eigenvalue weighted by molar-refractivity contribution is 5.86. The first-order valence-corrected chi connectivity index (χ1v) is 4.90. The van der Waals surface area contributed by atoms with E-state index in [4.69, 9.17) is 5.11 Å². The number of nitrogens with zero attached hydrogens (tertiary/aromatic N) is 1. The molecular weight excluding hydrogens is 214 g/mol. The largest absolute Gasteiger partial charge is 0.480 e. The van der Waals surface area contributed by atoms with E-state index in [9.17, 15) is 14.4 Å². The fraction of sp³-hybridized carbons (Fsp3) is 0.667. The van der Waals surface area contributed by atoms with Crippen molar-refractivity contribution in [1.82, 2.24) is 15.5 Å². The molecule has 0 saturated heterocycles. The number of carbonyl (C=O) groups is 3. The lowest BCUT2D eigenvalue weighted by Crippen LogP contribution is -2.48. The zero-order valence-corrected chi connectivity index (χ0v) is 9.61. The highest BCUT2D eigenvalue weighted by Gasteiger charge is 2.21. The van der Waals surface area contributed by atoms with Crippen LogP contribution in [-0.2, 0) is 9.59 Å². The Bertz CT molecular complexity index is 280. The van der Waals surface area contributed by atoms with E-state index in [0.717, 1.165) is 4.90 Å². The van der Waals surface area contributed by atoms with Gasteiger partial charge in [0.2, 0.25) is 5.91 Å². The Morgan fingerprint density at radius 2 is 1.88 bits per heavy atom. The molecule has 0 radical (unpaired) electrons. The van der Waals surface area contributed by atoms with E-state index in [2.05, 4.69) is 10.6 Å². The van der Waals surface area contributed by atoms with Crippen molar-refractivity contribution >= 4 is 17.9 Å². The van der Waals surface area contributed by atoms with Crippen molar-refractivity contribution in [2.24, 2.45) is 0 Å². The van der Waals surface area contributed by atoms with Crippen molar-refractivity contribution in [2.75, 3.05) is 20.1 Å². The van der Waals surface area contributed by atoms with Gasteiger partial charge in [0.15, 0.2) is 0 Å². The van der Waals surface area contributed by atoms with Crippen molar-refractivity contribution in [3.05, 3.63) is 0 Å². The summed E-state index contributed by atoms with van der Waals surface area (Å²) in [6.45, 7) is 3.46. The molecule has 3 amide bonds. The lowest BCUT2D eigenvalue weighted by Gasteiger charge is -2.21. The second-order valence-corrected chi connectivity index (χ2v) is 3.24. The van der Waals surface area contributed by atoms with Gasteiger partial charge in [0.1, 0.15) is 6.04 Å². The highest BCUT2D eigenvalue weighted by Crippen LogP contribution is 1.95. The fourth-order valence-electron chi connectivity index (χ4n) is 0.882. The van der Waals surface area contributed by atoms with Crippen LogP contribution in [0.1, 0.15) is 13.8 Å². The summed E-state index contributed by atoms with van der Waals surface area (Å²) in [5, 5.41) is 13.5. The molecule has 92 valence electrons. The Morgan fingerprint density at radius 1 is 1.31 bits per heavy atom. The molecule has 7 heteroatoms. The molecule has 0 heterocycles. The third-order valence-electron chi connectivity index (χ3n) is 2.03. The average Bonchev–Trinajstić information content (AvgIpc) is 2.24. The van der Waals surface area contributed by atoms with Crippen molar-refractivity contribution in [3.63, 3.8) is 0 Å². The molecule has 0 fully saturated rings. The highest BCUT2D eigenvalue weighted by atomic mass is 16.4. The summed E-state index contributed by atoms with van der Waals surface area (Å²) >= 11 is 0. The Labute approximate surface area is 93.8 Å². The number of amides is 3. The molecule has 0 aliphatic heterocycles. The maximum atomic E-state index is 11.4. The van der Waals surface area contributed by atoms with Crippen LogP contribution in [0.3, 0.4) is 0 Å². The summed E-state index contributed by atoms with van der Waals surface area (Å²) in [5.74, 6) is -1.41. The van der Waals surface area contributed by atoms with Crippen LogP contribution in [0.25, 0.3) is 0 Å². The summed E-state index contributed by atoms with van der Waals surface area (Å²) in [6, 6.07) is -1.53. The molecule has 0 aromatic heterocycles. The van der Waals surface area contributed by atoms with Gasteiger partial charge in [-0.05, 0) is 13.8 Å². The Balaban J connectivity index is 4.06. The standard InChI is InChI=1S/C9H17N3O4/c1-4-10-7(13)5-11-9(16)12(3)6(2)8(14)15/h6H,4-5H2,1-3H3,(H,10,13)(H,11,16)(H,14,15). The number of hydrogen-bond acceptors (Lipinski definition) is 3. The molecule has 1 unspecified atom stereocenters. The van der Waals surface area contributed by atoms with Crippen LogP contribution >= 0.6 is 0 Å². The first kappa shape index (κ1) is 14.2. The second kappa shape index (κ2) is 6.65. The second-order valence-electron chi connectivity index (χ2n) is 3.24. The van der Waals surface area contributed by atoms with E-state index < -0.39 is 18.0 Å². The molecule has 0 saturated carbocycles. The van der Waals surface area contributed by atoms with Gasteiger partial charge in [-0.25, -0.2) is 9.59 Å². The number of urea groups is 1. The predicted octanol–water partition coefficient (Wildman–Crippen LogP) is -0.763. The molecule has 0 aromatic rings. The SMILES string of the molecule is CCNC(=O)CNC(=O)N(C)C(C)C(=O)O. The van der Waals surface area contributed by atoms with Crippen LogP contribution < -0.4 is 10.6 Å². The van der Waals surface area contributed by atoms with Crippen LogP contribution in [-0.4, -0.2) is 54.1 Å². The van der Waals surface area contributed by atoms with Gasteiger partial charge in [-0.3, -0.25) is 4.79 Å². The summed E-state index contributed by atoms with van der Waals surface area (Å²) < 4.78 is 0. The zero-order valence-electron chi connectivity index (χ0n) is 9.61. The van der Waals surface area contributed by atoms with E-state index in [-0.39, 0.29) is 12.5 Å². The first-order chi connectivity index (χ1) is 7.40. The van der Waals surface area contributed by atoms with E-state index in [0.29, 0.717) is 6.54 Å². The van der Waals surface area contributed by atoms with Gasteiger partial charge in [0.05, 0.1) is 6.54 Å². The quantitative estimate of drug-likeness (QED) is 0.579. The maximum absolute atomic E-state index is 11.4. The molecule has 3 N–H and O–H groups in total. The van der Waals surface area contributed by atoms with Crippen molar-refractivity contribution in [1.29, 1.82) is 0 Å². The van der Waals surface area contributed by atoms with Gasteiger partial charge in [-0.1, -0.05) is 0 Å². The molecule has 1 atom stereocenters. The van der Waals surface area contributed by atoms with Gasteiger partial charge in [0, 0.05) is 13.6 Å². The molecular formula is C9H17N3O4. The van der Waals surface area contributed by atoms with Crippen LogP contribution in [0.2, 0.25) is 0 Å². The number of nitrogens with one attached hydrogen (secondary N) is 2. The lowest BCUT2D eigenvalue weighted by molar-refractivity contribution is -0.141. The summed E-state index contributed by atoms with van der Waals surface area (Å²) in [7, 11) is 1.35. The van der Waals surface area contributed by atoms with Crippen LogP contribution in [0, 0.1) is 0 Å². The minimum Gasteiger partial charge on any atom is -0.480 e. The third-order valence-corrected chi connectivity index (χ3v) is 2.03. The normalized spacial score (nSPS) is 11.4. The molecule has 7 nitrogen and oxygen atoms in total. The summed E-state index contributed by atoms with van der Waals surface area (Å²) in [6.07, 6.45) is 0. The van der Waals surface area contributed by atoms with Crippen molar-refractivity contribution in [2.45, 2.75) is 19.9 Å². The maximum Gasteiger partial charge on any atom is 0.326 e. The van der Waals surface area contributed by atoms with Crippen LogP contribution in [0.5, 0.6) is 0 Å². The lowest BCUT2D eigenvalue weighted by atomic mass is 10.3. The van der Waals surface area contributed by atoms with E-state index >= 15 is 0 Å². The number of likely N-dealkylation sites (N-methyl/N-ethyl adjacent to an activating group) is 2. The number of carboxylic acid groups (broad SMARTS) is 1. The number of hydrogen-bond donors (Lipinski definition) is 3. The topological polar surface area (TPSA) is 98.7 Å². The average molecular weight is 231 g/mol. The monoisotopic (exact) mass is 231 g/mol. The third kappa shape index (κ3) is 4.63.